The zero-order valence-electron chi connectivity index (χ0n) is 11.9. The summed E-state index contributed by atoms with van der Waals surface area (Å²) in [4.78, 5) is 1.87. The number of hydrogen-bond donors (Lipinski definition) is 1. The first-order valence-electron chi connectivity index (χ1n) is 6.89. The maximum absolute atomic E-state index is 13.0. The Labute approximate surface area is 117 Å². The summed E-state index contributed by atoms with van der Waals surface area (Å²) in [7, 11) is 3.70. The van der Waals surface area contributed by atoms with Gasteiger partial charge in [0.1, 0.15) is 0 Å². The number of nitrogens with zero attached hydrogens (tertiary/aromatic N) is 1. The third-order valence-electron chi connectivity index (χ3n) is 4.33. The third kappa shape index (κ3) is 2.64. The minimum atomic E-state index is -4.31. The lowest BCUT2D eigenvalue weighted by Gasteiger charge is -2.33. The Morgan fingerprint density at radius 3 is 2.25 bits per heavy atom. The van der Waals surface area contributed by atoms with Crippen LogP contribution in [0.1, 0.15) is 36.8 Å². The van der Waals surface area contributed by atoms with Crippen LogP contribution in [0.2, 0.25) is 0 Å². The third-order valence-corrected chi connectivity index (χ3v) is 4.33. The van der Waals surface area contributed by atoms with Crippen molar-refractivity contribution in [2.75, 3.05) is 25.5 Å². The number of alkyl halides is 3. The zero-order chi connectivity index (χ0) is 15.0. The van der Waals surface area contributed by atoms with E-state index in [0.29, 0.717) is 6.54 Å². The van der Waals surface area contributed by atoms with Crippen molar-refractivity contribution in [1.29, 1.82) is 0 Å². The van der Waals surface area contributed by atoms with E-state index in [-0.39, 0.29) is 5.41 Å². The van der Waals surface area contributed by atoms with Gasteiger partial charge in [-0.15, -0.1) is 0 Å². The van der Waals surface area contributed by atoms with Crippen molar-refractivity contribution in [2.24, 2.45) is 5.73 Å². The Balaban J connectivity index is 2.58. The van der Waals surface area contributed by atoms with Gasteiger partial charge >= 0.3 is 6.18 Å². The SMILES string of the molecule is CN(C)c1ccc(C(F)(F)F)cc1C1(CN)CCCC1. The van der Waals surface area contributed by atoms with Crippen LogP contribution in [-0.4, -0.2) is 20.6 Å². The first kappa shape index (κ1) is 15.2. The van der Waals surface area contributed by atoms with Crippen molar-refractivity contribution < 1.29 is 13.2 Å². The normalized spacial score (nSPS) is 18.3. The van der Waals surface area contributed by atoms with Crippen molar-refractivity contribution in [1.82, 2.24) is 0 Å². The average molecular weight is 286 g/mol. The van der Waals surface area contributed by atoms with Crippen molar-refractivity contribution in [3.8, 4) is 0 Å². The molecule has 1 aliphatic carbocycles. The van der Waals surface area contributed by atoms with Gasteiger partial charge in [0, 0.05) is 31.7 Å². The quantitative estimate of drug-likeness (QED) is 0.921. The van der Waals surface area contributed by atoms with E-state index in [9.17, 15) is 13.2 Å². The lowest BCUT2D eigenvalue weighted by atomic mass is 9.77. The van der Waals surface area contributed by atoms with Crippen LogP contribution in [0.3, 0.4) is 0 Å². The standard InChI is InChI=1S/C15H21F3N2/c1-20(2)13-6-5-11(15(16,17)18)9-12(13)14(10-19)7-3-4-8-14/h5-6,9H,3-4,7-8,10,19H2,1-2H3. The van der Waals surface area contributed by atoms with Crippen molar-refractivity contribution in [3.05, 3.63) is 29.3 Å². The monoisotopic (exact) mass is 286 g/mol. The van der Waals surface area contributed by atoms with Gasteiger partial charge in [-0.2, -0.15) is 13.2 Å². The number of nitrogens with two attached hydrogens (primary N) is 1. The Bertz CT molecular complexity index is 474. The lowest BCUT2D eigenvalue weighted by Crippen LogP contribution is -2.34. The topological polar surface area (TPSA) is 29.3 Å². The predicted octanol–water partition coefficient (Wildman–Crippen LogP) is 3.54. The molecular weight excluding hydrogens is 265 g/mol. The summed E-state index contributed by atoms with van der Waals surface area (Å²) in [5.41, 5.74) is 6.62. The molecule has 0 aromatic heterocycles. The fraction of sp³-hybridized carbons (Fsp3) is 0.600. The summed E-state index contributed by atoms with van der Waals surface area (Å²) in [6, 6.07) is 4.01. The van der Waals surface area contributed by atoms with Crippen molar-refractivity contribution in [3.63, 3.8) is 0 Å². The molecule has 0 aliphatic heterocycles. The molecule has 1 fully saturated rings. The smallest absolute Gasteiger partial charge is 0.377 e. The summed E-state index contributed by atoms with van der Waals surface area (Å²) >= 11 is 0. The van der Waals surface area contributed by atoms with Crippen LogP contribution in [0.5, 0.6) is 0 Å². The Hall–Kier alpha value is -1.23. The number of anilines is 1. The molecule has 0 heterocycles. The summed E-state index contributed by atoms with van der Waals surface area (Å²) in [6.07, 6.45) is -0.522. The molecular formula is C15H21F3N2. The average Bonchev–Trinajstić information content (AvgIpc) is 2.86. The number of rotatable bonds is 3. The van der Waals surface area contributed by atoms with E-state index < -0.39 is 11.7 Å². The fourth-order valence-electron chi connectivity index (χ4n) is 3.16. The molecule has 0 saturated heterocycles. The molecule has 0 radical (unpaired) electrons. The molecule has 1 aliphatic rings. The van der Waals surface area contributed by atoms with Gasteiger partial charge in [-0.25, -0.2) is 0 Å². The fourth-order valence-corrected chi connectivity index (χ4v) is 3.16. The second-order valence-corrected chi connectivity index (χ2v) is 5.82. The van der Waals surface area contributed by atoms with Gasteiger partial charge in [-0.3, -0.25) is 0 Å². The Morgan fingerprint density at radius 1 is 1.20 bits per heavy atom. The summed E-state index contributed by atoms with van der Waals surface area (Å²) < 4.78 is 38.9. The molecule has 0 bridgehead atoms. The minimum Gasteiger partial charge on any atom is -0.377 e. The molecule has 112 valence electrons. The van der Waals surface area contributed by atoms with Gasteiger partial charge in [-0.05, 0) is 36.6 Å². The van der Waals surface area contributed by atoms with Crippen LogP contribution >= 0.6 is 0 Å². The molecule has 0 atom stereocenters. The van der Waals surface area contributed by atoms with Crippen LogP contribution in [0.25, 0.3) is 0 Å². The van der Waals surface area contributed by atoms with E-state index >= 15 is 0 Å². The highest BCUT2D eigenvalue weighted by molar-refractivity contribution is 5.58. The van der Waals surface area contributed by atoms with Gasteiger partial charge in [0.2, 0.25) is 0 Å². The van der Waals surface area contributed by atoms with Crippen LogP contribution in [0.4, 0.5) is 18.9 Å². The van der Waals surface area contributed by atoms with Crippen molar-refractivity contribution in [2.45, 2.75) is 37.3 Å². The summed E-state index contributed by atoms with van der Waals surface area (Å²) in [6.45, 7) is 0.398. The molecule has 20 heavy (non-hydrogen) atoms. The maximum Gasteiger partial charge on any atom is 0.416 e. The number of hydrogen-bond acceptors (Lipinski definition) is 2. The molecule has 2 nitrogen and oxygen atoms in total. The second kappa shape index (κ2) is 5.28. The highest BCUT2D eigenvalue weighted by Crippen LogP contribution is 2.45. The molecule has 0 amide bonds. The second-order valence-electron chi connectivity index (χ2n) is 5.82. The number of halogens is 3. The molecule has 1 saturated carbocycles. The molecule has 1 aromatic carbocycles. The van der Waals surface area contributed by atoms with E-state index in [4.69, 9.17) is 5.73 Å². The zero-order valence-corrected chi connectivity index (χ0v) is 11.9. The minimum absolute atomic E-state index is 0.305. The van der Waals surface area contributed by atoms with Gasteiger partial charge in [0.25, 0.3) is 0 Å². The molecule has 2 rings (SSSR count). The van der Waals surface area contributed by atoms with Crippen molar-refractivity contribution >= 4 is 5.69 Å². The first-order chi connectivity index (χ1) is 9.30. The predicted molar refractivity (Wildman–Crippen MR) is 75.0 cm³/mol. The molecule has 0 spiro atoms. The highest BCUT2D eigenvalue weighted by Gasteiger charge is 2.39. The molecule has 2 N–H and O–H groups in total. The Kier molecular flexibility index (Phi) is 4.00. The van der Waals surface area contributed by atoms with Crippen LogP contribution in [-0.2, 0) is 11.6 Å². The maximum atomic E-state index is 13.0. The van der Waals surface area contributed by atoms with E-state index in [1.165, 1.54) is 6.07 Å². The van der Waals surface area contributed by atoms with E-state index in [0.717, 1.165) is 43.0 Å². The van der Waals surface area contributed by atoms with Crippen LogP contribution < -0.4 is 10.6 Å². The number of benzene rings is 1. The molecule has 5 heteroatoms. The van der Waals surface area contributed by atoms with Crippen LogP contribution in [0.15, 0.2) is 18.2 Å². The molecule has 0 unspecified atom stereocenters. The van der Waals surface area contributed by atoms with Gasteiger partial charge < -0.3 is 10.6 Å². The van der Waals surface area contributed by atoms with Gasteiger partial charge in [-0.1, -0.05) is 12.8 Å². The largest absolute Gasteiger partial charge is 0.416 e. The van der Waals surface area contributed by atoms with E-state index in [1.807, 2.05) is 19.0 Å². The first-order valence-corrected chi connectivity index (χ1v) is 6.89. The highest BCUT2D eigenvalue weighted by atomic mass is 19.4. The summed E-state index contributed by atoms with van der Waals surface area (Å²) in [5, 5.41) is 0. The molecule has 1 aromatic rings. The van der Waals surface area contributed by atoms with Crippen LogP contribution in [0, 0.1) is 0 Å². The summed E-state index contributed by atoms with van der Waals surface area (Å²) in [5.74, 6) is 0. The van der Waals surface area contributed by atoms with E-state index in [2.05, 4.69) is 0 Å². The Morgan fingerprint density at radius 2 is 1.80 bits per heavy atom. The lowest BCUT2D eigenvalue weighted by molar-refractivity contribution is -0.137. The van der Waals surface area contributed by atoms with Gasteiger partial charge in [0.15, 0.2) is 0 Å². The van der Waals surface area contributed by atoms with Gasteiger partial charge in [0.05, 0.1) is 5.56 Å². The van der Waals surface area contributed by atoms with E-state index in [1.54, 1.807) is 6.07 Å².